The van der Waals surface area contributed by atoms with Gasteiger partial charge in [-0.1, -0.05) is 60.8 Å². The number of hydrogen-bond acceptors (Lipinski definition) is 4. The van der Waals surface area contributed by atoms with Crippen LogP contribution in [0.2, 0.25) is 5.02 Å². The van der Waals surface area contributed by atoms with Gasteiger partial charge in [0.2, 0.25) is 5.91 Å². The molecule has 0 atom stereocenters. The molecular weight excluding hydrogens is 356 g/mol. The third-order valence-corrected chi connectivity index (χ3v) is 5.85. The molecule has 0 aliphatic heterocycles. The van der Waals surface area contributed by atoms with Crippen molar-refractivity contribution in [3.63, 3.8) is 0 Å². The molecule has 1 aliphatic carbocycles. The molecule has 0 radical (unpaired) electrons. The molecule has 2 aromatic rings. The lowest BCUT2D eigenvalue weighted by Gasteiger charge is -2.24. The molecular formula is C18H23ClN4OS. The van der Waals surface area contributed by atoms with Gasteiger partial charge in [0.15, 0.2) is 5.16 Å². The molecule has 25 heavy (non-hydrogen) atoms. The Bertz CT molecular complexity index is 728. The molecule has 0 saturated heterocycles. The summed E-state index contributed by atoms with van der Waals surface area (Å²) in [5, 5.41) is 12.9. The Balaban J connectivity index is 1.55. The number of benzene rings is 1. The number of nitrogens with zero attached hydrogens (tertiary/aromatic N) is 3. The Kier molecular flexibility index (Phi) is 6.37. The SMILES string of the molecule is Cc1nnc(SCC(=O)NCc2ccccc2Cl)n1C1CCCCC1. The lowest BCUT2D eigenvalue weighted by Crippen LogP contribution is -2.25. The zero-order valence-corrected chi connectivity index (χ0v) is 15.9. The number of halogens is 1. The van der Waals surface area contributed by atoms with E-state index in [-0.39, 0.29) is 5.91 Å². The quantitative estimate of drug-likeness (QED) is 0.767. The Morgan fingerprint density at radius 3 is 2.80 bits per heavy atom. The maximum Gasteiger partial charge on any atom is 0.230 e. The van der Waals surface area contributed by atoms with Gasteiger partial charge >= 0.3 is 0 Å². The summed E-state index contributed by atoms with van der Waals surface area (Å²) in [5.74, 6) is 1.24. The summed E-state index contributed by atoms with van der Waals surface area (Å²) in [7, 11) is 0. The predicted molar refractivity (Wildman–Crippen MR) is 101 cm³/mol. The first-order chi connectivity index (χ1) is 12.1. The zero-order chi connectivity index (χ0) is 17.6. The minimum Gasteiger partial charge on any atom is -0.351 e. The van der Waals surface area contributed by atoms with E-state index in [1.807, 2.05) is 31.2 Å². The van der Waals surface area contributed by atoms with E-state index in [1.165, 1.54) is 43.9 Å². The van der Waals surface area contributed by atoms with E-state index in [0.717, 1.165) is 16.5 Å². The van der Waals surface area contributed by atoms with Crippen LogP contribution in [0.4, 0.5) is 0 Å². The molecule has 1 aromatic heterocycles. The summed E-state index contributed by atoms with van der Waals surface area (Å²) in [5.41, 5.74) is 0.920. The summed E-state index contributed by atoms with van der Waals surface area (Å²) in [4.78, 5) is 12.2. The molecule has 0 spiro atoms. The summed E-state index contributed by atoms with van der Waals surface area (Å²) < 4.78 is 2.21. The molecule has 1 amide bonds. The van der Waals surface area contributed by atoms with E-state index in [9.17, 15) is 4.79 Å². The molecule has 1 heterocycles. The highest BCUT2D eigenvalue weighted by molar-refractivity contribution is 7.99. The van der Waals surface area contributed by atoms with Crippen molar-refractivity contribution in [3.05, 3.63) is 40.7 Å². The van der Waals surface area contributed by atoms with Crippen molar-refractivity contribution in [3.8, 4) is 0 Å². The number of rotatable bonds is 6. The second kappa shape index (κ2) is 8.72. The molecule has 1 N–H and O–H groups in total. The number of aromatic nitrogens is 3. The van der Waals surface area contributed by atoms with E-state index in [4.69, 9.17) is 11.6 Å². The number of carbonyl (C=O) groups is 1. The van der Waals surface area contributed by atoms with Gasteiger partial charge in [0.1, 0.15) is 5.82 Å². The van der Waals surface area contributed by atoms with Crippen LogP contribution in [-0.2, 0) is 11.3 Å². The van der Waals surface area contributed by atoms with Crippen LogP contribution in [0.5, 0.6) is 0 Å². The van der Waals surface area contributed by atoms with Gasteiger partial charge < -0.3 is 9.88 Å². The van der Waals surface area contributed by atoms with Gasteiger partial charge in [-0.15, -0.1) is 10.2 Å². The van der Waals surface area contributed by atoms with Crippen molar-refractivity contribution in [2.75, 3.05) is 5.75 Å². The van der Waals surface area contributed by atoms with Gasteiger partial charge in [-0.25, -0.2) is 0 Å². The van der Waals surface area contributed by atoms with E-state index >= 15 is 0 Å². The minimum absolute atomic E-state index is 0.0271. The van der Waals surface area contributed by atoms with Gasteiger partial charge in [-0.05, 0) is 31.4 Å². The number of amides is 1. The highest BCUT2D eigenvalue weighted by atomic mass is 35.5. The van der Waals surface area contributed by atoms with Crippen LogP contribution in [-0.4, -0.2) is 26.4 Å². The van der Waals surface area contributed by atoms with Crippen LogP contribution < -0.4 is 5.32 Å². The van der Waals surface area contributed by atoms with E-state index in [0.29, 0.717) is 23.4 Å². The van der Waals surface area contributed by atoms with Crippen molar-refractivity contribution >= 4 is 29.3 Å². The maximum atomic E-state index is 12.2. The Labute approximate surface area is 157 Å². The molecule has 7 heteroatoms. The number of hydrogen-bond donors (Lipinski definition) is 1. The number of carbonyl (C=O) groups excluding carboxylic acids is 1. The third kappa shape index (κ3) is 4.76. The Morgan fingerprint density at radius 1 is 1.28 bits per heavy atom. The van der Waals surface area contributed by atoms with E-state index < -0.39 is 0 Å². The number of aryl methyl sites for hydroxylation is 1. The van der Waals surface area contributed by atoms with Gasteiger partial charge in [-0.2, -0.15) is 0 Å². The fraction of sp³-hybridized carbons (Fsp3) is 0.500. The van der Waals surface area contributed by atoms with Gasteiger partial charge in [0, 0.05) is 17.6 Å². The third-order valence-electron chi connectivity index (χ3n) is 4.54. The van der Waals surface area contributed by atoms with Crippen molar-refractivity contribution in [2.45, 2.75) is 56.8 Å². The highest BCUT2D eigenvalue weighted by Crippen LogP contribution is 2.32. The largest absolute Gasteiger partial charge is 0.351 e. The van der Waals surface area contributed by atoms with Gasteiger partial charge in [0.05, 0.1) is 5.75 Å². The van der Waals surface area contributed by atoms with Crippen molar-refractivity contribution < 1.29 is 4.79 Å². The van der Waals surface area contributed by atoms with Crippen LogP contribution in [0.1, 0.15) is 49.5 Å². The Morgan fingerprint density at radius 2 is 2.04 bits per heavy atom. The van der Waals surface area contributed by atoms with Crippen LogP contribution in [0.15, 0.2) is 29.4 Å². The normalized spacial score (nSPS) is 15.3. The molecule has 3 rings (SSSR count). The zero-order valence-electron chi connectivity index (χ0n) is 14.4. The summed E-state index contributed by atoms with van der Waals surface area (Å²) >= 11 is 7.57. The van der Waals surface area contributed by atoms with Gasteiger partial charge in [-0.3, -0.25) is 4.79 Å². The van der Waals surface area contributed by atoms with E-state index in [2.05, 4.69) is 20.1 Å². The number of nitrogens with one attached hydrogen (secondary N) is 1. The molecule has 0 unspecified atom stereocenters. The van der Waals surface area contributed by atoms with Crippen LogP contribution >= 0.6 is 23.4 Å². The molecule has 1 aliphatic rings. The molecule has 0 bridgehead atoms. The fourth-order valence-corrected chi connectivity index (χ4v) is 4.31. The lowest BCUT2D eigenvalue weighted by atomic mass is 9.95. The number of thioether (sulfide) groups is 1. The summed E-state index contributed by atoms with van der Waals surface area (Å²) in [6, 6.07) is 8.01. The predicted octanol–water partition coefficient (Wildman–Crippen LogP) is 4.15. The van der Waals surface area contributed by atoms with Crippen molar-refractivity contribution in [1.29, 1.82) is 0 Å². The summed E-state index contributed by atoms with van der Waals surface area (Å²) in [6.07, 6.45) is 6.16. The van der Waals surface area contributed by atoms with Crippen LogP contribution in [0.25, 0.3) is 0 Å². The lowest BCUT2D eigenvalue weighted by molar-refractivity contribution is -0.118. The van der Waals surface area contributed by atoms with E-state index in [1.54, 1.807) is 0 Å². The van der Waals surface area contributed by atoms with Crippen LogP contribution in [0, 0.1) is 6.92 Å². The molecule has 5 nitrogen and oxygen atoms in total. The topological polar surface area (TPSA) is 59.8 Å². The first-order valence-electron chi connectivity index (χ1n) is 8.69. The smallest absolute Gasteiger partial charge is 0.230 e. The first-order valence-corrected chi connectivity index (χ1v) is 10.1. The second-order valence-electron chi connectivity index (χ2n) is 6.35. The fourth-order valence-electron chi connectivity index (χ4n) is 3.22. The van der Waals surface area contributed by atoms with Crippen LogP contribution in [0.3, 0.4) is 0 Å². The standard InChI is InChI=1S/C18H23ClN4OS/c1-13-21-22-18(23(13)15-8-3-2-4-9-15)25-12-17(24)20-11-14-7-5-6-10-16(14)19/h5-7,10,15H,2-4,8-9,11-12H2,1H3,(H,20,24). The second-order valence-corrected chi connectivity index (χ2v) is 7.70. The minimum atomic E-state index is -0.0271. The highest BCUT2D eigenvalue weighted by Gasteiger charge is 2.21. The van der Waals surface area contributed by atoms with Gasteiger partial charge in [0.25, 0.3) is 0 Å². The molecule has 134 valence electrons. The van der Waals surface area contributed by atoms with Crippen molar-refractivity contribution in [1.82, 2.24) is 20.1 Å². The van der Waals surface area contributed by atoms with Crippen molar-refractivity contribution in [2.24, 2.45) is 0 Å². The molecule has 1 saturated carbocycles. The first kappa shape index (κ1) is 18.3. The monoisotopic (exact) mass is 378 g/mol. The molecule has 1 aromatic carbocycles. The maximum absolute atomic E-state index is 12.2. The molecule has 1 fully saturated rings. The summed E-state index contributed by atoms with van der Waals surface area (Å²) in [6.45, 7) is 2.43. The Hall–Kier alpha value is -1.53. The average molecular weight is 379 g/mol. The average Bonchev–Trinajstić information content (AvgIpc) is 3.00.